The van der Waals surface area contributed by atoms with E-state index in [1.54, 1.807) is 48.6 Å². The number of hydrogen-bond donors (Lipinski definition) is 0. The van der Waals surface area contributed by atoms with Gasteiger partial charge in [-0.25, -0.2) is 0 Å². The van der Waals surface area contributed by atoms with Gasteiger partial charge < -0.3 is 18.8 Å². The van der Waals surface area contributed by atoms with Crippen molar-refractivity contribution in [3.05, 3.63) is 282 Å². The Balaban J connectivity index is 1.09. The molecule has 0 saturated carbocycles. The molecule has 4 aliphatic rings. The van der Waals surface area contributed by atoms with Crippen molar-refractivity contribution in [3.8, 4) is 28.0 Å². The SMILES string of the molecule is [2H]c1c([2H])c([2H])c(-c2cc3ccccc3cc2N2C3=C(C=CC(n4c5c([2H])c([2H])c([2H])c([2H])c5c5c([2H])c([2H])c([2H])c([2H])c54)C3)B3C4=C(Oc5cc(-c6ccc(C(C)(C)C)cc6)cc2c53)C(c2c([2H])c([2H])c([2H])c([2H])c2[2H])CC(n2c3c([2H])c([2H])c([2H])c([2H])c3c3c([2H])c([2H])c([2H])c([2H])c32)=C4)c([2H])c1[2H]. The Hall–Kier alpha value is -9.32. The average molecular weight is 1040 g/mol. The zero-order valence-corrected chi connectivity index (χ0v) is 42.6. The average Bonchev–Trinajstić information content (AvgIpc) is 1.67. The second-order valence-corrected chi connectivity index (χ2v) is 21.2. The third-order valence-corrected chi connectivity index (χ3v) is 15.9. The normalized spacial score (nSPS) is 21.5. The molecule has 2 unspecified atom stereocenters. The van der Waals surface area contributed by atoms with E-state index in [1.807, 2.05) is 47.4 Å². The third-order valence-electron chi connectivity index (χ3n) is 15.9. The van der Waals surface area contributed by atoms with E-state index in [1.165, 1.54) is 9.13 Å². The van der Waals surface area contributed by atoms with Crippen molar-refractivity contribution < 1.29 is 40.4 Å². The molecule has 4 heterocycles. The van der Waals surface area contributed by atoms with Crippen LogP contribution in [-0.2, 0) is 5.41 Å². The number of aromatic nitrogens is 2. The molecule has 2 atom stereocenters. The standard InChI is InChI=1S/C74H56BN3O/c1-74(2,3)53-36-34-47(35-37-53)52-42-70-72-71(43-52)79-73-61(49-22-8-5-9-23-49)44-55(77-66-32-18-14-28-58(66)59-29-15-19-33-67(59)77)45-63(73)75(72)62-39-38-54(76-64-30-16-12-26-56(64)57-27-13-17-31-65(57)76)46-69(62)78(70)68-41-51-25-11-10-24-50(51)40-60(68)48-20-6-4-7-21-48/h4-43,45,54,61H,44,46H2,1-3H3/i4D,5D,6D,7D,8D,9D,12D,13D,14D,15D,16D,17D,18D,19D,20D,21D,22D,23D,26D,27D,28D,29D,30D,31D,32D,33D. The Labute approximate surface area is 497 Å². The minimum Gasteiger partial charge on any atom is -0.462 e. The van der Waals surface area contributed by atoms with Crippen LogP contribution in [0.25, 0.3) is 82.3 Å². The maximum absolute atomic E-state index is 9.74. The Morgan fingerprint density at radius 3 is 1.77 bits per heavy atom. The van der Waals surface area contributed by atoms with E-state index in [2.05, 4.69) is 20.8 Å². The van der Waals surface area contributed by atoms with Crippen LogP contribution in [0.2, 0.25) is 0 Å². The molecule has 10 aromatic carbocycles. The molecule has 5 heteroatoms. The number of ether oxygens (including phenoxy) is 1. The minimum absolute atomic E-state index is 0.0290. The van der Waals surface area contributed by atoms with Crippen LogP contribution in [0.4, 0.5) is 11.4 Å². The van der Waals surface area contributed by atoms with Crippen LogP contribution in [0.5, 0.6) is 5.75 Å². The van der Waals surface area contributed by atoms with Gasteiger partial charge in [-0.05, 0) is 115 Å². The van der Waals surface area contributed by atoms with Crippen molar-refractivity contribution in [1.82, 2.24) is 9.13 Å². The van der Waals surface area contributed by atoms with Crippen LogP contribution in [0, 0.1) is 0 Å². The van der Waals surface area contributed by atoms with Gasteiger partial charge in [-0.1, -0.05) is 214 Å². The predicted octanol–water partition coefficient (Wildman–Crippen LogP) is 18.4. The fraction of sp³-hybridized carbons (Fsp3) is 0.108. The van der Waals surface area contributed by atoms with Gasteiger partial charge in [0.1, 0.15) is 11.5 Å². The molecule has 2 aromatic heterocycles. The van der Waals surface area contributed by atoms with E-state index in [9.17, 15) is 19.2 Å². The molecule has 0 amide bonds. The van der Waals surface area contributed by atoms with E-state index in [-0.39, 0.29) is 101 Å². The number of para-hydroxylation sites is 4. The first kappa shape index (κ1) is 26.8. The van der Waals surface area contributed by atoms with Crippen LogP contribution >= 0.6 is 0 Å². The number of rotatable bonds is 6. The van der Waals surface area contributed by atoms with Crippen LogP contribution in [0.15, 0.2) is 271 Å². The first-order valence-corrected chi connectivity index (χ1v) is 25.9. The molecule has 0 N–H and O–H groups in total. The Morgan fingerprint density at radius 2 is 1.13 bits per heavy atom. The van der Waals surface area contributed by atoms with Gasteiger partial charge in [-0.2, -0.15) is 0 Å². The summed E-state index contributed by atoms with van der Waals surface area (Å²) in [5, 5.41) is 0.297. The zero-order valence-electron chi connectivity index (χ0n) is 68.6. The molecule has 0 bridgehead atoms. The monoisotopic (exact) mass is 1040 g/mol. The highest BCUT2D eigenvalue weighted by Gasteiger charge is 2.48. The molecule has 376 valence electrons. The highest BCUT2D eigenvalue weighted by Crippen LogP contribution is 2.54. The van der Waals surface area contributed by atoms with E-state index in [0.717, 1.165) is 5.56 Å². The number of hydrogen-bond acceptors (Lipinski definition) is 2. The molecule has 16 rings (SSSR count). The lowest BCUT2D eigenvalue weighted by atomic mass is 9.32. The summed E-state index contributed by atoms with van der Waals surface area (Å²) in [4.78, 5) is 1.87. The lowest BCUT2D eigenvalue weighted by Crippen LogP contribution is -2.49. The van der Waals surface area contributed by atoms with Gasteiger partial charge >= 0.3 is 0 Å². The molecule has 2 aliphatic carbocycles. The van der Waals surface area contributed by atoms with Crippen LogP contribution in [-0.4, -0.2) is 15.8 Å². The van der Waals surface area contributed by atoms with Gasteiger partial charge in [0, 0.05) is 74.0 Å². The Bertz CT molecular complexity index is 6010. The molecule has 0 fully saturated rings. The lowest BCUT2D eigenvalue weighted by molar-refractivity contribution is 0.379. The van der Waals surface area contributed by atoms with E-state index in [4.69, 9.17) is 21.2 Å². The topological polar surface area (TPSA) is 22.3 Å². The van der Waals surface area contributed by atoms with Gasteiger partial charge in [0.05, 0.1) is 58.4 Å². The smallest absolute Gasteiger partial charge is 0.255 e. The number of fused-ring (bicyclic) bond motifs is 9. The maximum Gasteiger partial charge on any atom is 0.255 e. The largest absolute Gasteiger partial charge is 0.462 e. The Morgan fingerprint density at radius 1 is 0.544 bits per heavy atom. The number of anilines is 2. The first-order chi connectivity index (χ1) is 49.6. The summed E-state index contributed by atoms with van der Waals surface area (Å²) in [5.74, 6) is -1.26. The van der Waals surface area contributed by atoms with Crippen LogP contribution in [0.3, 0.4) is 0 Å². The van der Waals surface area contributed by atoms with Crippen molar-refractivity contribution in [2.24, 2.45) is 0 Å². The fourth-order valence-corrected chi connectivity index (χ4v) is 12.3. The summed E-state index contributed by atoms with van der Waals surface area (Å²) < 4.78 is 252. The third kappa shape index (κ3) is 7.15. The second-order valence-electron chi connectivity index (χ2n) is 21.2. The van der Waals surface area contributed by atoms with Gasteiger partial charge in [0.25, 0.3) is 6.71 Å². The molecule has 0 saturated heterocycles. The molecule has 2 aliphatic heterocycles. The summed E-state index contributed by atoms with van der Waals surface area (Å²) >= 11 is 0. The van der Waals surface area contributed by atoms with Gasteiger partial charge in [0.15, 0.2) is 0 Å². The lowest BCUT2D eigenvalue weighted by Gasteiger charge is -2.46. The summed E-state index contributed by atoms with van der Waals surface area (Å²) in [7, 11) is 0. The summed E-state index contributed by atoms with van der Waals surface area (Å²) in [6.07, 6.45) is 4.41. The zero-order chi connectivity index (χ0) is 75.1. The predicted molar refractivity (Wildman–Crippen MR) is 332 cm³/mol. The van der Waals surface area contributed by atoms with Crippen molar-refractivity contribution in [3.63, 3.8) is 0 Å². The van der Waals surface area contributed by atoms with E-state index in [0.29, 0.717) is 44.2 Å². The molecule has 0 spiro atoms. The van der Waals surface area contributed by atoms with Crippen LogP contribution < -0.4 is 15.1 Å². The fourth-order valence-electron chi connectivity index (χ4n) is 12.3. The second kappa shape index (κ2) is 17.6. The van der Waals surface area contributed by atoms with E-state index < -0.39 is 182 Å². The quantitative estimate of drug-likeness (QED) is 0.155. The van der Waals surface area contributed by atoms with Gasteiger partial charge in [-0.3, -0.25) is 0 Å². The summed E-state index contributed by atoms with van der Waals surface area (Å²) in [6.45, 7) is 5.02. The molecule has 12 aromatic rings. The van der Waals surface area contributed by atoms with Crippen molar-refractivity contribution >= 4 is 83.6 Å². The highest BCUT2D eigenvalue weighted by molar-refractivity contribution is 6.90. The van der Waals surface area contributed by atoms with Crippen LogP contribution in [0.1, 0.15) is 92.3 Å². The maximum atomic E-state index is 9.74. The molecular weight excluding hydrogens is 958 g/mol. The highest BCUT2D eigenvalue weighted by atomic mass is 16.5. The summed E-state index contributed by atoms with van der Waals surface area (Å²) in [6, 6.07) is 4.27. The van der Waals surface area contributed by atoms with Crippen molar-refractivity contribution in [2.45, 2.75) is 51.0 Å². The molecule has 79 heavy (non-hydrogen) atoms. The number of nitrogens with zero attached hydrogens (tertiary/aromatic N) is 3. The molecular formula is C74H56BN3O. The first-order valence-electron chi connectivity index (χ1n) is 38.9. The van der Waals surface area contributed by atoms with Gasteiger partial charge in [0.2, 0.25) is 0 Å². The minimum atomic E-state index is -1.44. The molecule has 0 radical (unpaired) electrons. The molecule has 4 nitrogen and oxygen atoms in total. The van der Waals surface area contributed by atoms with Crippen molar-refractivity contribution in [2.75, 3.05) is 4.90 Å². The Kier molecular flexibility index (Phi) is 5.98. The number of allylic oxidation sites excluding steroid dienone is 8. The van der Waals surface area contributed by atoms with Gasteiger partial charge in [-0.15, -0.1) is 0 Å². The summed E-state index contributed by atoms with van der Waals surface area (Å²) in [5.41, 5.74) is 2.54. The van der Waals surface area contributed by atoms with Crippen molar-refractivity contribution in [1.29, 1.82) is 0 Å². The van der Waals surface area contributed by atoms with E-state index >= 15 is 0 Å². The number of benzene rings is 10.